The van der Waals surface area contributed by atoms with Gasteiger partial charge >= 0.3 is 0 Å². The van der Waals surface area contributed by atoms with Crippen LogP contribution in [0, 0.1) is 5.92 Å². The number of aromatic nitrogens is 1. The highest BCUT2D eigenvalue weighted by molar-refractivity contribution is 9.10. The van der Waals surface area contributed by atoms with Crippen LogP contribution in [0.5, 0.6) is 0 Å². The number of carbonyl (C=O) groups is 2. The van der Waals surface area contributed by atoms with Gasteiger partial charge in [-0.15, -0.1) is 0 Å². The molecule has 3 atom stereocenters. The number of nitrogens with zero attached hydrogens (tertiary/aromatic N) is 3. The molecule has 7 heteroatoms. The van der Waals surface area contributed by atoms with Gasteiger partial charge in [0.15, 0.2) is 6.10 Å². The minimum absolute atomic E-state index is 0.264. The second-order valence-electron chi connectivity index (χ2n) is 6.93. The third-order valence-corrected chi connectivity index (χ3v) is 5.77. The topological polar surface area (TPSA) is 62.7 Å². The lowest BCUT2D eigenvalue weighted by Crippen LogP contribution is -2.37. The molecular weight excluding hydrogens is 434 g/mol. The molecule has 144 valence electrons. The van der Waals surface area contributed by atoms with E-state index in [4.69, 9.17) is 4.84 Å². The number of hydroxylamine groups is 1. The number of carbonyl (C=O) groups excluding carboxylic acids is 2. The van der Waals surface area contributed by atoms with E-state index < -0.39 is 18.1 Å². The largest absolute Gasteiger partial charge is 0.273 e. The number of amides is 2. The number of imide groups is 1. The summed E-state index contributed by atoms with van der Waals surface area (Å²) >= 11 is 3.43. The molecule has 2 amide bonds. The molecule has 0 radical (unpaired) electrons. The molecule has 2 fully saturated rings. The maximum Gasteiger partial charge on any atom is 0.266 e. The summed E-state index contributed by atoms with van der Waals surface area (Å²) in [4.78, 5) is 38.1. The number of fused-ring (bicyclic) bond motifs is 1. The van der Waals surface area contributed by atoms with Crippen molar-refractivity contribution in [2.45, 2.75) is 12.1 Å². The molecule has 2 aromatic carbocycles. The Bertz CT molecular complexity index is 1060. The van der Waals surface area contributed by atoms with E-state index in [1.807, 2.05) is 42.5 Å². The molecule has 5 rings (SSSR count). The fourth-order valence-corrected chi connectivity index (χ4v) is 4.21. The number of benzene rings is 2. The molecule has 1 aromatic heterocycles. The molecule has 3 heterocycles. The summed E-state index contributed by atoms with van der Waals surface area (Å²) in [6.07, 6.45) is 2.51. The second-order valence-corrected chi connectivity index (χ2v) is 7.85. The smallest absolute Gasteiger partial charge is 0.266 e. The lowest BCUT2D eigenvalue weighted by Gasteiger charge is -2.28. The summed E-state index contributed by atoms with van der Waals surface area (Å²) in [5.41, 5.74) is 2.14. The summed E-state index contributed by atoms with van der Waals surface area (Å²) in [6.45, 7) is 0. The van der Waals surface area contributed by atoms with Crippen molar-refractivity contribution in [3.05, 3.63) is 89.2 Å². The summed E-state index contributed by atoms with van der Waals surface area (Å²) in [5, 5.41) is 1.66. The lowest BCUT2D eigenvalue weighted by atomic mass is 9.91. The van der Waals surface area contributed by atoms with Gasteiger partial charge in [-0.1, -0.05) is 40.2 Å². The predicted octanol–water partition coefficient (Wildman–Crippen LogP) is 3.90. The molecule has 0 saturated carbocycles. The van der Waals surface area contributed by atoms with E-state index in [1.54, 1.807) is 41.7 Å². The molecule has 0 unspecified atom stereocenters. The van der Waals surface area contributed by atoms with Crippen molar-refractivity contribution in [3.8, 4) is 0 Å². The number of para-hydroxylation sites is 1. The number of halogens is 1. The Labute approximate surface area is 175 Å². The van der Waals surface area contributed by atoms with E-state index in [1.165, 1.54) is 4.90 Å². The quantitative estimate of drug-likeness (QED) is 0.567. The first kappa shape index (κ1) is 18.0. The second kappa shape index (κ2) is 7.09. The van der Waals surface area contributed by atoms with Crippen LogP contribution in [0.25, 0.3) is 0 Å². The number of hydrogen-bond acceptors (Lipinski definition) is 5. The zero-order chi connectivity index (χ0) is 20.0. The summed E-state index contributed by atoms with van der Waals surface area (Å²) in [6, 6.07) is 19.8. The van der Waals surface area contributed by atoms with Crippen LogP contribution in [0.4, 0.5) is 11.4 Å². The van der Waals surface area contributed by atoms with Crippen molar-refractivity contribution in [1.29, 1.82) is 0 Å². The Morgan fingerprint density at radius 2 is 1.62 bits per heavy atom. The van der Waals surface area contributed by atoms with E-state index in [2.05, 4.69) is 20.9 Å². The van der Waals surface area contributed by atoms with Crippen LogP contribution in [0.3, 0.4) is 0 Å². The molecule has 0 N–H and O–H groups in total. The Kier molecular flexibility index (Phi) is 4.41. The third kappa shape index (κ3) is 2.94. The molecule has 6 nitrogen and oxygen atoms in total. The Morgan fingerprint density at radius 3 is 2.31 bits per heavy atom. The van der Waals surface area contributed by atoms with Crippen molar-refractivity contribution < 1.29 is 14.4 Å². The Morgan fingerprint density at radius 1 is 0.862 bits per heavy atom. The number of rotatable bonds is 3. The highest BCUT2D eigenvalue weighted by atomic mass is 79.9. The van der Waals surface area contributed by atoms with Crippen molar-refractivity contribution in [2.24, 2.45) is 5.92 Å². The highest BCUT2D eigenvalue weighted by Crippen LogP contribution is 2.47. The molecule has 2 saturated heterocycles. The molecule has 2 aliphatic heterocycles. The Balaban J connectivity index is 1.58. The van der Waals surface area contributed by atoms with Gasteiger partial charge in [-0.25, -0.2) is 9.96 Å². The highest BCUT2D eigenvalue weighted by Gasteiger charge is 2.60. The first-order chi connectivity index (χ1) is 14.1. The first-order valence-electron chi connectivity index (χ1n) is 9.19. The lowest BCUT2D eigenvalue weighted by molar-refractivity contribution is -0.126. The average Bonchev–Trinajstić information content (AvgIpc) is 3.26. The third-order valence-electron chi connectivity index (χ3n) is 5.24. The number of hydrogen-bond donors (Lipinski definition) is 0. The van der Waals surface area contributed by atoms with Crippen LogP contribution in [0.2, 0.25) is 0 Å². The van der Waals surface area contributed by atoms with Gasteiger partial charge in [0.1, 0.15) is 5.92 Å². The molecule has 0 aliphatic carbocycles. The predicted molar refractivity (Wildman–Crippen MR) is 111 cm³/mol. The SMILES string of the molecule is O=C1[C@@H]2[C@H](ON(c3ccc(Br)cc3)[C@H]2c2cccnc2)C(=O)N1c1ccccc1. The maximum absolute atomic E-state index is 13.4. The van der Waals surface area contributed by atoms with Crippen LogP contribution < -0.4 is 9.96 Å². The minimum Gasteiger partial charge on any atom is -0.273 e. The van der Waals surface area contributed by atoms with Gasteiger partial charge in [-0.3, -0.25) is 19.4 Å². The van der Waals surface area contributed by atoms with Gasteiger partial charge in [0, 0.05) is 16.9 Å². The van der Waals surface area contributed by atoms with E-state index in [0.29, 0.717) is 5.69 Å². The molecular formula is C22H16BrN3O3. The van der Waals surface area contributed by atoms with Crippen molar-refractivity contribution in [3.63, 3.8) is 0 Å². The van der Waals surface area contributed by atoms with Gasteiger partial charge in [0.05, 0.1) is 17.4 Å². The maximum atomic E-state index is 13.4. The van der Waals surface area contributed by atoms with Crippen LogP contribution >= 0.6 is 15.9 Å². The summed E-state index contributed by atoms with van der Waals surface area (Å²) in [5.74, 6) is -1.27. The zero-order valence-corrected chi connectivity index (χ0v) is 16.8. The molecule has 0 spiro atoms. The van der Waals surface area contributed by atoms with Crippen LogP contribution in [-0.2, 0) is 14.4 Å². The average molecular weight is 450 g/mol. The van der Waals surface area contributed by atoms with E-state index >= 15 is 0 Å². The Hall–Kier alpha value is -3.03. The zero-order valence-electron chi connectivity index (χ0n) is 15.2. The number of pyridine rings is 1. The van der Waals surface area contributed by atoms with Gasteiger partial charge in [-0.05, 0) is 48.0 Å². The number of anilines is 2. The fraction of sp³-hybridized carbons (Fsp3) is 0.136. The molecule has 0 bridgehead atoms. The van der Waals surface area contributed by atoms with Gasteiger partial charge in [0.25, 0.3) is 5.91 Å². The van der Waals surface area contributed by atoms with Crippen LogP contribution in [0.1, 0.15) is 11.6 Å². The monoisotopic (exact) mass is 449 g/mol. The van der Waals surface area contributed by atoms with Gasteiger partial charge in [0.2, 0.25) is 5.91 Å². The normalized spacial score (nSPS) is 23.6. The summed E-state index contributed by atoms with van der Waals surface area (Å²) < 4.78 is 0.931. The van der Waals surface area contributed by atoms with Gasteiger partial charge < -0.3 is 0 Å². The van der Waals surface area contributed by atoms with E-state index in [0.717, 1.165) is 15.7 Å². The van der Waals surface area contributed by atoms with E-state index in [-0.39, 0.29) is 11.8 Å². The van der Waals surface area contributed by atoms with Gasteiger partial charge in [-0.2, -0.15) is 0 Å². The van der Waals surface area contributed by atoms with Crippen molar-refractivity contribution >= 4 is 39.1 Å². The minimum atomic E-state index is -0.878. The molecule has 3 aromatic rings. The molecule has 29 heavy (non-hydrogen) atoms. The van der Waals surface area contributed by atoms with Crippen molar-refractivity contribution in [2.75, 3.05) is 9.96 Å². The fourth-order valence-electron chi connectivity index (χ4n) is 3.95. The van der Waals surface area contributed by atoms with Crippen molar-refractivity contribution in [1.82, 2.24) is 4.98 Å². The first-order valence-corrected chi connectivity index (χ1v) is 9.99. The van der Waals surface area contributed by atoms with E-state index in [9.17, 15) is 9.59 Å². The standard InChI is InChI=1S/C22H16BrN3O3/c23-15-8-10-17(11-9-15)26-19(14-5-4-12-24-13-14)18-20(29-26)22(28)25(21(18)27)16-6-2-1-3-7-16/h1-13,18-20H/t18-,19-,20-/m0/s1. The summed E-state index contributed by atoms with van der Waals surface area (Å²) in [7, 11) is 0. The van der Waals surface area contributed by atoms with Crippen LogP contribution in [0.15, 0.2) is 83.6 Å². The van der Waals surface area contributed by atoms with Crippen LogP contribution in [-0.4, -0.2) is 22.9 Å². The molecule has 2 aliphatic rings.